The van der Waals surface area contributed by atoms with Crippen LogP contribution in [0.2, 0.25) is 0 Å². The Kier molecular flexibility index (Phi) is 5.35. The third-order valence-electron chi connectivity index (χ3n) is 3.22. The number of hydrogen-bond acceptors (Lipinski definition) is 3. The van der Waals surface area contributed by atoms with Crippen LogP contribution >= 0.6 is 0 Å². The highest BCUT2D eigenvalue weighted by Crippen LogP contribution is 2.11. The highest BCUT2D eigenvalue weighted by Gasteiger charge is 2.04. The molecule has 0 heterocycles. The Bertz CT molecular complexity index is 576. The molecule has 4 nitrogen and oxygen atoms in total. The van der Waals surface area contributed by atoms with Gasteiger partial charge in [0.15, 0.2) is 0 Å². The largest absolute Gasteiger partial charge is 0.497 e. The maximum atomic E-state index is 11.9. The van der Waals surface area contributed by atoms with Crippen LogP contribution in [0.3, 0.4) is 0 Å². The molecule has 0 aliphatic rings. The summed E-state index contributed by atoms with van der Waals surface area (Å²) in [4.78, 5) is 11.9. The number of rotatable bonds is 6. The molecule has 0 fully saturated rings. The van der Waals surface area contributed by atoms with Crippen molar-refractivity contribution in [3.8, 4) is 5.75 Å². The van der Waals surface area contributed by atoms with E-state index in [2.05, 4.69) is 5.32 Å². The molecule has 0 aromatic heterocycles. The Hall–Kier alpha value is -2.33. The molecule has 21 heavy (non-hydrogen) atoms. The van der Waals surface area contributed by atoms with Crippen molar-refractivity contribution in [2.24, 2.45) is 0 Å². The van der Waals surface area contributed by atoms with Crippen molar-refractivity contribution in [3.63, 3.8) is 0 Å². The molecule has 2 aromatic carbocycles. The molecule has 0 saturated carbocycles. The molecule has 2 N–H and O–H groups in total. The lowest BCUT2D eigenvalue weighted by Crippen LogP contribution is -2.24. The minimum absolute atomic E-state index is 0.0219. The Balaban J connectivity index is 1.83. The van der Waals surface area contributed by atoms with Gasteiger partial charge in [0.2, 0.25) is 5.91 Å². The van der Waals surface area contributed by atoms with Crippen molar-refractivity contribution in [1.29, 1.82) is 0 Å². The number of aliphatic hydroxyl groups excluding tert-OH is 1. The van der Waals surface area contributed by atoms with Crippen molar-refractivity contribution in [3.05, 3.63) is 65.2 Å². The minimum Gasteiger partial charge on any atom is -0.497 e. The smallest absolute Gasteiger partial charge is 0.224 e. The van der Waals surface area contributed by atoms with E-state index in [1.165, 1.54) is 0 Å². The van der Waals surface area contributed by atoms with Crippen LogP contribution in [0.25, 0.3) is 0 Å². The second kappa shape index (κ2) is 7.45. The summed E-state index contributed by atoms with van der Waals surface area (Å²) in [7, 11) is 1.61. The van der Waals surface area contributed by atoms with Crippen LogP contribution in [0.15, 0.2) is 48.5 Å². The van der Waals surface area contributed by atoms with E-state index in [4.69, 9.17) is 9.84 Å². The van der Waals surface area contributed by atoms with Gasteiger partial charge in [-0.2, -0.15) is 0 Å². The summed E-state index contributed by atoms with van der Waals surface area (Å²) in [6.45, 7) is 0.519. The molecule has 110 valence electrons. The van der Waals surface area contributed by atoms with Gasteiger partial charge in [-0.3, -0.25) is 4.79 Å². The first kappa shape index (κ1) is 15.1. The molecule has 0 bridgehead atoms. The van der Waals surface area contributed by atoms with Crippen molar-refractivity contribution >= 4 is 5.91 Å². The predicted octanol–water partition coefficient (Wildman–Crippen LogP) is 2.05. The lowest BCUT2D eigenvalue weighted by molar-refractivity contribution is -0.120. The van der Waals surface area contributed by atoms with E-state index in [1.54, 1.807) is 7.11 Å². The number of methoxy groups -OCH3 is 1. The van der Waals surface area contributed by atoms with E-state index >= 15 is 0 Å². The zero-order chi connectivity index (χ0) is 15.1. The van der Waals surface area contributed by atoms with Gasteiger partial charge in [-0.15, -0.1) is 0 Å². The Morgan fingerprint density at radius 3 is 2.14 bits per heavy atom. The third kappa shape index (κ3) is 4.61. The van der Waals surface area contributed by atoms with Gasteiger partial charge >= 0.3 is 0 Å². The molecule has 0 saturated heterocycles. The Labute approximate surface area is 124 Å². The van der Waals surface area contributed by atoms with Gasteiger partial charge in [0.25, 0.3) is 0 Å². The standard InChI is InChI=1S/C17H19NO3/c1-21-16-8-6-13(7-9-16)10-17(20)18-11-14-2-4-15(12-19)5-3-14/h2-9,19H,10-12H2,1H3,(H,18,20). The number of aliphatic hydroxyl groups is 1. The zero-order valence-electron chi connectivity index (χ0n) is 12.0. The third-order valence-corrected chi connectivity index (χ3v) is 3.22. The lowest BCUT2D eigenvalue weighted by atomic mass is 10.1. The first-order chi connectivity index (χ1) is 10.2. The second-order valence-corrected chi connectivity index (χ2v) is 4.78. The molecule has 0 atom stereocenters. The summed E-state index contributed by atoms with van der Waals surface area (Å²) >= 11 is 0. The van der Waals surface area contributed by atoms with Crippen molar-refractivity contribution in [1.82, 2.24) is 5.32 Å². The van der Waals surface area contributed by atoms with Crippen LogP contribution in [0.4, 0.5) is 0 Å². The topological polar surface area (TPSA) is 58.6 Å². The molecule has 0 spiro atoms. The normalized spacial score (nSPS) is 10.2. The Morgan fingerprint density at radius 1 is 1.00 bits per heavy atom. The number of benzene rings is 2. The second-order valence-electron chi connectivity index (χ2n) is 4.78. The number of hydrogen-bond donors (Lipinski definition) is 2. The molecular formula is C17H19NO3. The van der Waals surface area contributed by atoms with Gasteiger partial charge in [0.05, 0.1) is 20.1 Å². The van der Waals surface area contributed by atoms with Crippen LogP contribution in [-0.2, 0) is 24.4 Å². The van der Waals surface area contributed by atoms with E-state index in [0.717, 1.165) is 22.4 Å². The summed E-state index contributed by atoms with van der Waals surface area (Å²) in [5.74, 6) is 0.759. The van der Waals surface area contributed by atoms with Crippen LogP contribution in [0.5, 0.6) is 5.75 Å². The molecule has 2 rings (SSSR count). The lowest BCUT2D eigenvalue weighted by Gasteiger charge is -2.07. The molecule has 0 radical (unpaired) electrons. The maximum Gasteiger partial charge on any atom is 0.224 e. The minimum atomic E-state index is -0.0219. The van der Waals surface area contributed by atoms with Crippen LogP contribution in [0, 0.1) is 0 Å². The monoisotopic (exact) mass is 285 g/mol. The molecule has 2 aromatic rings. The number of nitrogens with one attached hydrogen (secondary N) is 1. The van der Waals surface area contributed by atoms with E-state index in [0.29, 0.717) is 13.0 Å². The summed E-state index contributed by atoms with van der Waals surface area (Å²) < 4.78 is 5.08. The number of carbonyl (C=O) groups excluding carboxylic acids is 1. The first-order valence-electron chi connectivity index (χ1n) is 6.79. The maximum absolute atomic E-state index is 11.9. The fourth-order valence-corrected chi connectivity index (χ4v) is 1.95. The average Bonchev–Trinajstić information content (AvgIpc) is 2.54. The van der Waals surface area contributed by atoms with Crippen LogP contribution < -0.4 is 10.1 Å². The highest BCUT2D eigenvalue weighted by molar-refractivity contribution is 5.78. The van der Waals surface area contributed by atoms with E-state index in [1.807, 2.05) is 48.5 Å². The summed E-state index contributed by atoms with van der Waals surface area (Å²) in [6.07, 6.45) is 0.346. The summed E-state index contributed by atoms with van der Waals surface area (Å²) in [5, 5.41) is 11.9. The fraction of sp³-hybridized carbons (Fsp3) is 0.235. The van der Waals surface area contributed by atoms with Crippen molar-refractivity contribution in [2.45, 2.75) is 19.6 Å². The zero-order valence-corrected chi connectivity index (χ0v) is 12.0. The Morgan fingerprint density at radius 2 is 1.57 bits per heavy atom. The molecule has 1 amide bonds. The van der Waals surface area contributed by atoms with Crippen molar-refractivity contribution in [2.75, 3.05) is 7.11 Å². The van der Waals surface area contributed by atoms with E-state index < -0.39 is 0 Å². The fourth-order valence-electron chi connectivity index (χ4n) is 1.95. The highest BCUT2D eigenvalue weighted by atomic mass is 16.5. The van der Waals surface area contributed by atoms with Gasteiger partial charge in [-0.05, 0) is 28.8 Å². The summed E-state index contributed by atoms with van der Waals surface area (Å²) in [5.41, 5.74) is 2.82. The number of amides is 1. The van der Waals surface area contributed by atoms with E-state index in [-0.39, 0.29) is 12.5 Å². The predicted molar refractivity (Wildman–Crippen MR) is 80.9 cm³/mol. The van der Waals surface area contributed by atoms with Gasteiger partial charge in [0, 0.05) is 6.54 Å². The van der Waals surface area contributed by atoms with Crippen molar-refractivity contribution < 1.29 is 14.6 Å². The number of carbonyl (C=O) groups is 1. The van der Waals surface area contributed by atoms with Gasteiger partial charge in [-0.1, -0.05) is 36.4 Å². The molecule has 4 heteroatoms. The molecule has 0 aliphatic carbocycles. The van der Waals surface area contributed by atoms with Gasteiger partial charge in [0.1, 0.15) is 5.75 Å². The quantitative estimate of drug-likeness (QED) is 0.854. The SMILES string of the molecule is COc1ccc(CC(=O)NCc2ccc(CO)cc2)cc1. The van der Waals surface area contributed by atoms with Crippen LogP contribution in [0.1, 0.15) is 16.7 Å². The molecule has 0 unspecified atom stereocenters. The number of ether oxygens (including phenoxy) is 1. The summed E-state index contributed by atoms with van der Waals surface area (Å²) in [6, 6.07) is 15.0. The first-order valence-corrected chi connectivity index (χ1v) is 6.79. The average molecular weight is 285 g/mol. The molecule has 0 aliphatic heterocycles. The molecular weight excluding hydrogens is 266 g/mol. The van der Waals surface area contributed by atoms with E-state index in [9.17, 15) is 4.79 Å². The van der Waals surface area contributed by atoms with Crippen LogP contribution in [-0.4, -0.2) is 18.1 Å². The van der Waals surface area contributed by atoms with Gasteiger partial charge in [-0.25, -0.2) is 0 Å². The van der Waals surface area contributed by atoms with Gasteiger partial charge < -0.3 is 15.2 Å².